The van der Waals surface area contributed by atoms with Crippen molar-refractivity contribution in [2.45, 2.75) is 172 Å². The monoisotopic (exact) mass is 1350 g/mol. The molecule has 14 rings (SSSR count). The number of aliphatic imine (C=N–C) groups is 1. The van der Waals surface area contributed by atoms with Gasteiger partial charge in [-0.3, -0.25) is 5.41 Å². The van der Waals surface area contributed by atoms with Crippen LogP contribution in [0.1, 0.15) is 176 Å². The molecule has 0 spiro atoms. The number of nitrogens with zero attached hydrogens (tertiary/aromatic N) is 7. The van der Waals surface area contributed by atoms with Crippen molar-refractivity contribution >= 4 is 96.7 Å². The number of rotatable bonds is 8. The smallest absolute Gasteiger partial charge is 0.247 e. The first-order valence-corrected chi connectivity index (χ1v) is 36.9. The molecule has 0 unspecified atom stereocenters. The highest BCUT2D eigenvalue weighted by Crippen LogP contribution is 2.45. The van der Waals surface area contributed by atoms with Crippen LogP contribution >= 0.6 is 0 Å². The summed E-state index contributed by atoms with van der Waals surface area (Å²) in [7, 11) is 4.11. The largest absolute Gasteiger partial charge is 0.362 e. The number of nitrogens with one attached hydrogen (secondary N) is 1. The Labute approximate surface area is 613 Å². The van der Waals surface area contributed by atoms with Crippen molar-refractivity contribution in [3.63, 3.8) is 0 Å². The van der Waals surface area contributed by atoms with E-state index >= 15 is 0 Å². The molecule has 0 bridgehead atoms. The van der Waals surface area contributed by atoms with E-state index in [1.807, 2.05) is 12.1 Å². The van der Waals surface area contributed by atoms with Gasteiger partial charge in [-0.1, -0.05) is 294 Å². The maximum absolute atomic E-state index is 9.94. The van der Waals surface area contributed by atoms with Gasteiger partial charge in [-0.15, -0.1) is 0 Å². The normalized spacial score (nSPS) is 13.4. The SMILES string of the molecule is Cc1cc(C)c(B2c3cc(C(C)(C)C)ccc3N3c4ccc(C(C)(C)C)cc4B(c4c(C)cc(C)cc4C)c4cc(-n5c6c(/C(=N/C(=N)c7ccc(C(C)(C)C)cc7)N(C)C)cccc6c6cccc(-c7nc(-c8ccc(C(C)(C)C)cc8)nc(-c8ccc(C(C)(C)C)cc8)n7)c65)cc2c43)c(C)c1. The van der Waals surface area contributed by atoms with E-state index in [0.29, 0.717) is 23.3 Å². The molecule has 0 fully saturated rings. The van der Waals surface area contributed by atoms with Crippen molar-refractivity contribution < 1.29 is 0 Å². The maximum Gasteiger partial charge on any atom is 0.247 e. The third-order valence-electron chi connectivity index (χ3n) is 21.8. The summed E-state index contributed by atoms with van der Waals surface area (Å²) >= 11 is 0. The third-order valence-corrected chi connectivity index (χ3v) is 21.8. The van der Waals surface area contributed by atoms with Crippen molar-refractivity contribution in [1.82, 2.24) is 24.4 Å². The van der Waals surface area contributed by atoms with Gasteiger partial charge in [0.25, 0.3) is 0 Å². The molecular formula is C93H100B2N8. The molecule has 12 aromatic rings. The summed E-state index contributed by atoms with van der Waals surface area (Å²) in [5.74, 6) is 2.58. The highest BCUT2D eigenvalue weighted by atomic mass is 15.2. The van der Waals surface area contributed by atoms with E-state index < -0.39 is 0 Å². The molecule has 2 aliphatic rings. The van der Waals surface area contributed by atoms with Crippen LogP contribution in [0.15, 0.2) is 187 Å². The van der Waals surface area contributed by atoms with E-state index in [4.69, 9.17) is 19.9 Å². The Bertz CT molecular complexity index is 5190. The molecule has 10 aromatic carbocycles. The zero-order chi connectivity index (χ0) is 73.6. The molecule has 4 heterocycles. The number of aryl methyl sites for hydroxylation is 6. The van der Waals surface area contributed by atoms with Crippen molar-refractivity contribution in [3.05, 3.63) is 254 Å². The maximum atomic E-state index is 9.94. The Morgan fingerprint density at radius 3 is 1.19 bits per heavy atom. The number of benzene rings is 10. The summed E-state index contributed by atoms with van der Waals surface area (Å²) < 4.78 is 2.54. The van der Waals surface area contributed by atoms with Crippen LogP contribution in [0.2, 0.25) is 0 Å². The lowest BCUT2D eigenvalue weighted by molar-refractivity contribution is 0.590. The minimum Gasteiger partial charge on any atom is -0.362 e. The summed E-state index contributed by atoms with van der Waals surface area (Å²) in [5, 5.41) is 12.0. The molecule has 518 valence electrons. The third kappa shape index (κ3) is 12.5. The Balaban J connectivity index is 1.17. The summed E-state index contributed by atoms with van der Waals surface area (Å²) in [6, 6.07) is 68.6. The molecule has 2 aliphatic heterocycles. The Hall–Kier alpha value is -9.92. The summed E-state index contributed by atoms with van der Waals surface area (Å²) in [4.78, 5) is 26.9. The van der Waals surface area contributed by atoms with Gasteiger partial charge >= 0.3 is 0 Å². The number of amidine groups is 2. The zero-order valence-corrected chi connectivity index (χ0v) is 65.1. The molecule has 1 N–H and O–H groups in total. The number of aromatic nitrogens is 4. The molecule has 103 heavy (non-hydrogen) atoms. The van der Waals surface area contributed by atoms with Gasteiger partial charge in [0.05, 0.1) is 11.0 Å². The average molecular weight is 1350 g/mol. The van der Waals surface area contributed by atoms with Crippen LogP contribution in [0.3, 0.4) is 0 Å². The zero-order valence-electron chi connectivity index (χ0n) is 65.1. The second kappa shape index (κ2) is 25.2. The topological polar surface area (TPSA) is 86.3 Å². The van der Waals surface area contributed by atoms with Crippen LogP contribution < -0.4 is 37.7 Å². The number of hydrogen-bond acceptors (Lipinski definition) is 5. The first-order valence-electron chi connectivity index (χ1n) is 36.9. The van der Waals surface area contributed by atoms with E-state index in [2.05, 4.69) is 344 Å². The number of hydrogen-bond donors (Lipinski definition) is 1. The van der Waals surface area contributed by atoms with E-state index in [1.54, 1.807) is 0 Å². The first-order chi connectivity index (χ1) is 48.4. The fourth-order valence-corrected chi connectivity index (χ4v) is 16.5. The van der Waals surface area contributed by atoms with Crippen LogP contribution in [0.25, 0.3) is 61.7 Å². The van der Waals surface area contributed by atoms with Crippen LogP contribution in [0, 0.1) is 47.0 Å². The second-order valence-electron chi connectivity index (χ2n) is 35.1. The predicted octanol–water partition coefficient (Wildman–Crippen LogP) is 18.8. The summed E-state index contributed by atoms with van der Waals surface area (Å²) in [6.45, 7) is 47.6. The fourth-order valence-electron chi connectivity index (χ4n) is 16.5. The molecule has 0 aliphatic carbocycles. The minimum atomic E-state index is -0.196. The first kappa shape index (κ1) is 70.1. The molecule has 10 heteroatoms. The van der Waals surface area contributed by atoms with Gasteiger partial charge in [-0.2, -0.15) is 0 Å². The van der Waals surface area contributed by atoms with Gasteiger partial charge in [-0.25, -0.2) is 19.9 Å². The Morgan fingerprint density at radius 1 is 0.408 bits per heavy atom. The number of para-hydroxylation sites is 2. The molecule has 0 radical (unpaired) electrons. The lowest BCUT2D eigenvalue weighted by atomic mass is 9.29. The lowest BCUT2D eigenvalue weighted by Gasteiger charge is -2.45. The number of anilines is 3. The minimum absolute atomic E-state index is 0.0544. The summed E-state index contributed by atoms with van der Waals surface area (Å²) in [5.41, 5.74) is 31.8. The van der Waals surface area contributed by atoms with Gasteiger partial charge in [0, 0.05) is 75.4 Å². The van der Waals surface area contributed by atoms with Gasteiger partial charge in [0.1, 0.15) is 5.84 Å². The van der Waals surface area contributed by atoms with E-state index in [0.717, 1.165) is 55.3 Å². The highest BCUT2D eigenvalue weighted by molar-refractivity contribution is 7.02. The van der Waals surface area contributed by atoms with Gasteiger partial charge < -0.3 is 14.4 Å². The molecule has 2 aromatic heterocycles. The molecule has 0 saturated carbocycles. The fraction of sp³-hybridized carbons (Fsp3) is 0.301. The average Bonchev–Trinajstić information content (AvgIpc) is 1.55. The molecular weight excluding hydrogens is 1250 g/mol. The molecule has 0 amide bonds. The quantitative estimate of drug-likeness (QED) is 0.0931. The van der Waals surface area contributed by atoms with Crippen molar-refractivity contribution in [3.8, 4) is 39.9 Å². The lowest BCUT2D eigenvalue weighted by Crippen LogP contribution is -2.66. The molecule has 0 atom stereocenters. The van der Waals surface area contributed by atoms with Crippen LogP contribution in [0.5, 0.6) is 0 Å². The van der Waals surface area contributed by atoms with Crippen LogP contribution in [-0.4, -0.2) is 63.6 Å². The molecule has 0 saturated heterocycles. The van der Waals surface area contributed by atoms with Crippen molar-refractivity contribution in [1.29, 1.82) is 5.41 Å². The van der Waals surface area contributed by atoms with Crippen LogP contribution in [0.4, 0.5) is 17.1 Å². The Kier molecular flexibility index (Phi) is 17.2. The van der Waals surface area contributed by atoms with Crippen molar-refractivity contribution in [2.24, 2.45) is 4.99 Å². The molecule has 8 nitrogen and oxygen atoms in total. The van der Waals surface area contributed by atoms with Crippen molar-refractivity contribution in [2.75, 3.05) is 19.0 Å². The van der Waals surface area contributed by atoms with E-state index in [1.165, 1.54) is 111 Å². The summed E-state index contributed by atoms with van der Waals surface area (Å²) in [6.07, 6.45) is 0. The van der Waals surface area contributed by atoms with Gasteiger partial charge in [0.15, 0.2) is 23.3 Å². The predicted molar refractivity (Wildman–Crippen MR) is 443 cm³/mol. The van der Waals surface area contributed by atoms with E-state index in [-0.39, 0.29) is 46.3 Å². The second-order valence-corrected chi connectivity index (χ2v) is 35.1. The van der Waals surface area contributed by atoms with E-state index in [9.17, 15) is 5.41 Å². The van der Waals surface area contributed by atoms with Gasteiger partial charge in [0.2, 0.25) is 13.4 Å². The standard InChI is InChI=1S/C93H100B2N8/c1-54-46-56(3)79(57(4)47-54)94-73-50-66(92(16,17)18)42-44-77(73)103-78-45-43-67(93(19,20)21)51-74(78)95(80-58(5)48-55(2)49-59(80)6)76-53-68(52-75(94)83(76)103)102-81-69(70-27-25-29-72(82(70)102)88(101(22)23)97-84(96)60-30-36-63(37-31-60)89(7,8)9)26-24-28-71(81)87-99-85(61-32-38-64(39-33-61)90(10,11)12)98-86(100-87)62-34-40-65(41-35-62)91(13,14)15/h24-53,96H,1-23H3/b96-84?,97-88-. The van der Waals surface area contributed by atoms with Crippen LogP contribution in [-0.2, 0) is 27.1 Å². The van der Waals surface area contributed by atoms with Gasteiger partial charge in [-0.05, 0) is 155 Å². The number of fused-ring (bicyclic) bond motifs is 7. The highest BCUT2D eigenvalue weighted by Gasteiger charge is 2.46. The Morgan fingerprint density at radius 2 is 0.786 bits per heavy atom.